The van der Waals surface area contributed by atoms with E-state index < -0.39 is 5.60 Å². The van der Waals surface area contributed by atoms with E-state index in [0.29, 0.717) is 11.5 Å². The number of hydrogen-bond acceptors (Lipinski definition) is 1. The third-order valence-corrected chi connectivity index (χ3v) is 3.38. The first kappa shape index (κ1) is 10.6. The van der Waals surface area contributed by atoms with Gasteiger partial charge in [0.15, 0.2) is 0 Å². The first-order valence-electron chi connectivity index (χ1n) is 5.57. The molecule has 15 heavy (non-hydrogen) atoms. The Labute approximate surface area is 89.9 Å². The van der Waals surface area contributed by atoms with Crippen LogP contribution in [0.3, 0.4) is 0 Å². The molecule has 0 heterocycles. The molecule has 1 aromatic rings. The van der Waals surface area contributed by atoms with E-state index in [1.807, 2.05) is 6.07 Å². The van der Waals surface area contributed by atoms with Gasteiger partial charge in [-0.25, -0.2) is 4.39 Å². The fourth-order valence-corrected chi connectivity index (χ4v) is 2.22. The van der Waals surface area contributed by atoms with Crippen LogP contribution in [0.25, 0.3) is 0 Å². The molecule has 1 N–H and O–H groups in total. The van der Waals surface area contributed by atoms with E-state index in [9.17, 15) is 9.50 Å². The number of halogens is 1. The van der Waals surface area contributed by atoms with Crippen LogP contribution in [0.4, 0.5) is 4.39 Å². The molecule has 0 amide bonds. The monoisotopic (exact) mass is 208 g/mol. The predicted octanol–water partition coefficient (Wildman–Crippen LogP) is 3.14. The summed E-state index contributed by atoms with van der Waals surface area (Å²) >= 11 is 0. The molecule has 2 atom stereocenters. The number of benzene rings is 1. The van der Waals surface area contributed by atoms with Crippen molar-refractivity contribution in [1.29, 1.82) is 0 Å². The Balaban J connectivity index is 2.21. The van der Waals surface area contributed by atoms with E-state index in [2.05, 4.69) is 6.92 Å². The van der Waals surface area contributed by atoms with Gasteiger partial charge in [-0.15, -0.1) is 0 Å². The SMILES string of the molecule is CCCC1CC1(O)c1ccc(C)c(F)c1. The summed E-state index contributed by atoms with van der Waals surface area (Å²) in [5.74, 6) is 0.104. The Morgan fingerprint density at radius 2 is 2.27 bits per heavy atom. The lowest BCUT2D eigenvalue weighted by molar-refractivity contribution is 0.128. The fourth-order valence-electron chi connectivity index (χ4n) is 2.22. The Bertz CT molecular complexity index is 375. The molecule has 1 saturated carbocycles. The van der Waals surface area contributed by atoms with E-state index >= 15 is 0 Å². The predicted molar refractivity (Wildman–Crippen MR) is 58.0 cm³/mol. The molecule has 82 valence electrons. The molecule has 2 heteroatoms. The van der Waals surface area contributed by atoms with Crippen molar-refractivity contribution in [1.82, 2.24) is 0 Å². The largest absolute Gasteiger partial charge is 0.385 e. The zero-order valence-electron chi connectivity index (χ0n) is 9.26. The summed E-state index contributed by atoms with van der Waals surface area (Å²) in [5.41, 5.74) is 0.629. The van der Waals surface area contributed by atoms with Gasteiger partial charge in [-0.2, -0.15) is 0 Å². The average Bonchev–Trinajstić information content (AvgIpc) is 2.84. The number of aryl methyl sites for hydroxylation is 1. The quantitative estimate of drug-likeness (QED) is 0.809. The smallest absolute Gasteiger partial charge is 0.126 e. The lowest BCUT2D eigenvalue weighted by Gasteiger charge is -2.11. The summed E-state index contributed by atoms with van der Waals surface area (Å²) < 4.78 is 13.3. The van der Waals surface area contributed by atoms with E-state index in [-0.39, 0.29) is 5.82 Å². The van der Waals surface area contributed by atoms with Crippen LogP contribution in [-0.2, 0) is 5.60 Å². The maximum atomic E-state index is 13.3. The zero-order chi connectivity index (χ0) is 11.1. The van der Waals surface area contributed by atoms with Gasteiger partial charge < -0.3 is 5.11 Å². The molecule has 1 fully saturated rings. The number of aliphatic hydroxyl groups is 1. The first-order valence-corrected chi connectivity index (χ1v) is 5.57. The summed E-state index contributed by atoms with van der Waals surface area (Å²) in [7, 11) is 0. The van der Waals surface area contributed by atoms with Crippen LogP contribution in [0.15, 0.2) is 18.2 Å². The van der Waals surface area contributed by atoms with Gasteiger partial charge >= 0.3 is 0 Å². The fraction of sp³-hybridized carbons (Fsp3) is 0.538. The highest BCUT2D eigenvalue weighted by atomic mass is 19.1. The highest BCUT2D eigenvalue weighted by molar-refractivity contribution is 5.33. The van der Waals surface area contributed by atoms with Crippen molar-refractivity contribution in [2.75, 3.05) is 0 Å². The van der Waals surface area contributed by atoms with Gasteiger partial charge in [0.05, 0.1) is 5.60 Å². The summed E-state index contributed by atoms with van der Waals surface area (Å²) in [4.78, 5) is 0. The van der Waals surface area contributed by atoms with Gasteiger partial charge in [0.1, 0.15) is 5.82 Å². The highest BCUT2D eigenvalue weighted by Gasteiger charge is 2.53. The lowest BCUT2D eigenvalue weighted by Crippen LogP contribution is -2.09. The van der Waals surface area contributed by atoms with Crippen molar-refractivity contribution in [3.8, 4) is 0 Å². The van der Waals surface area contributed by atoms with Crippen LogP contribution in [-0.4, -0.2) is 5.11 Å². The van der Waals surface area contributed by atoms with Gasteiger partial charge in [-0.3, -0.25) is 0 Å². The van der Waals surface area contributed by atoms with E-state index in [1.54, 1.807) is 13.0 Å². The second-order valence-electron chi connectivity index (χ2n) is 4.58. The summed E-state index contributed by atoms with van der Waals surface area (Å²) in [6.07, 6.45) is 2.87. The Kier molecular flexibility index (Phi) is 2.55. The molecular formula is C13H17FO. The van der Waals surface area contributed by atoms with Crippen molar-refractivity contribution in [2.24, 2.45) is 5.92 Å². The van der Waals surface area contributed by atoms with Gasteiger partial charge in [0, 0.05) is 0 Å². The Morgan fingerprint density at radius 1 is 1.53 bits per heavy atom. The molecule has 0 aliphatic heterocycles. The third kappa shape index (κ3) is 1.78. The Morgan fingerprint density at radius 3 is 2.87 bits per heavy atom. The molecule has 1 aromatic carbocycles. The third-order valence-electron chi connectivity index (χ3n) is 3.38. The maximum absolute atomic E-state index is 13.3. The molecule has 0 aromatic heterocycles. The van der Waals surface area contributed by atoms with Crippen LogP contribution in [0.1, 0.15) is 37.3 Å². The standard InChI is InChI=1S/C13H17FO/c1-3-4-11-8-13(11,15)10-6-5-9(2)12(14)7-10/h5-7,11,15H,3-4,8H2,1-2H3. The minimum absolute atomic E-state index is 0.219. The average molecular weight is 208 g/mol. The van der Waals surface area contributed by atoms with Crippen molar-refractivity contribution in [2.45, 2.75) is 38.7 Å². The van der Waals surface area contributed by atoms with Crippen LogP contribution in [0.2, 0.25) is 0 Å². The highest BCUT2D eigenvalue weighted by Crippen LogP contribution is 2.54. The summed E-state index contributed by atoms with van der Waals surface area (Å²) in [5, 5.41) is 10.2. The van der Waals surface area contributed by atoms with E-state index in [1.165, 1.54) is 6.07 Å². The topological polar surface area (TPSA) is 20.2 Å². The van der Waals surface area contributed by atoms with Crippen molar-refractivity contribution < 1.29 is 9.50 Å². The molecule has 1 aliphatic rings. The molecule has 0 saturated heterocycles. The normalized spacial score (nSPS) is 29.2. The van der Waals surface area contributed by atoms with Gasteiger partial charge in [-0.1, -0.05) is 25.5 Å². The van der Waals surface area contributed by atoms with Gasteiger partial charge in [0.2, 0.25) is 0 Å². The Hall–Kier alpha value is -0.890. The first-order chi connectivity index (χ1) is 7.08. The van der Waals surface area contributed by atoms with E-state index in [0.717, 1.165) is 24.8 Å². The maximum Gasteiger partial charge on any atom is 0.126 e. The summed E-state index contributed by atoms with van der Waals surface area (Å²) in [6, 6.07) is 5.06. The lowest BCUT2D eigenvalue weighted by atomic mass is 10.0. The van der Waals surface area contributed by atoms with Crippen LogP contribution < -0.4 is 0 Å². The van der Waals surface area contributed by atoms with Crippen LogP contribution >= 0.6 is 0 Å². The number of rotatable bonds is 3. The van der Waals surface area contributed by atoms with Gasteiger partial charge in [-0.05, 0) is 42.9 Å². The van der Waals surface area contributed by atoms with Gasteiger partial charge in [0.25, 0.3) is 0 Å². The molecular weight excluding hydrogens is 191 g/mol. The minimum atomic E-state index is -0.745. The molecule has 2 unspecified atom stereocenters. The second-order valence-corrected chi connectivity index (χ2v) is 4.58. The second kappa shape index (κ2) is 3.60. The molecule has 0 spiro atoms. The van der Waals surface area contributed by atoms with E-state index in [4.69, 9.17) is 0 Å². The number of hydrogen-bond donors (Lipinski definition) is 1. The zero-order valence-corrected chi connectivity index (χ0v) is 9.26. The molecule has 0 radical (unpaired) electrons. The van der Waals surface area contributed by atoms with Crippen LogP contribution in [0, 0.1) is 18.7 Å². The minimum Gasteiger partial charge on any atom is -0.385 e. The molecule has 1 aliphatic carbocycles. The summed E-state index contributed by atoms with van der Waals surface area (Å²) in [6.45, 7) is 3.84. The molecule has 1 nitrogen and oxygen atoms in total. The van der Waals surface area contributed by atoms with Crippen molar-refractivity contribution in [3.05, 3.63) is 35.1 Å². The molecule has 2 rings (SSSR count). The van der Waals surface area contributed by atoms with Crippen LogP contribution in [0.5, 0.6) is 0 Å². The van der Waals surface area contributed by atoms with Crippen molar-refractivity contribution in [3.63, 3.8) is 0 Å². The van der Waals surface area contributed by atoms with Crippen molar-refractivity contribution >= 4 is 0 Å². The molecule has 0 bridgehead atoms.